The van der Waals surface area contributed by atoms with Crippen molar-refractivity contribution in [3.63, 3.8) is 0 Å². The van der Waals surface area contributed by atoms with Crippen LogP contribution in [0.4, 0.5) is 4.39 Å². The molecule has 4 heteroatoms. The molecule has 1 aliphatic rings. The smallest absolute Gasteiger partial charge is 0.332 e. The Morgan fingerprint density at radius 3 is 2.82 bits per heavy atom. The third kappa shape index (κ3) is 0.968. The van der Waals surface area contributed by atoms with Crippen LogP contribution in [0.5, 0.6) is 5.75 Å². The summed E-state index contributed by atoms with van der Waals surface area (Å²) in [4.78, 5) is 8.72. The van der Waals surface area contributed by atoms with Gasteiger partial charge in [-0.05, 0) is 23.7 Å². The Morgan fingerprint density at radius 1 is 1.36 bits per heavy atom. The molecule has 1 unspecified atom stereocenters. The van der Waals surface area contributed by atoms with Crippen LogP contribution in [-0.4, -0.2) is 0 Å². The molecule has 0 saturated heterocycles. The lowest BCUT2D eigenvalue weighted by molar-refractivity contribution is -0.283. The molecule has 0 saturated carbocycles. The summed E-state index contributed by atoms with van der Waals surface area (Å²) >= 11 is 5.28. The lowest BCUT2D eigenvalue weighted by atomic mass is 10.2. The first kappa shape index (κ1) is 6.88. The second-order valence-corrected chi connectivity index (χ2v) is 2.67. The molecule has 0 aliphatic carbocycles. The van der Waals surface area contributed by atoms with Crippen molar-refractivity contribution in [1.82, 2.24) is 0 Å². The van der Waals surface area contributed by atoms with Crippen LogP contribution in [-0.2, 0) is 10.2 Å². The fourth-order valence-corrected chi connectivity index (χ4v) is 1.11. The van der Waals surface area contributed by atoms with Gasteiger partial charge in [0.2, 0.25) is 0 Å². The molecule has 1 aromatic rings. The Kier molecular flexibility index (Phi) is 1.31. The fourth-order valence-electron chi connectivity index (χ4n) is 0.922. The van der Waals surface area contributed by atoms with Crippen LogP contribution in [0, 0.1) is 0 Å². The Balaban J connectivity index is 2.56. The van der Waals surface area contributed by atoms with Gasteiger partial charge in [-0.25, -0.2) is 0 Å². The van der Waals surface area contributed by atoms with E-state index in [1.165, 1.54) is 6.07 Å². The lowest BCUT2D eigenvalue weighted by Crippen LogP contribution is -2.09. The average Bonchev–Trinajstić information content (AvgIpc) is 2.29. The van der Waals surface area contributed by atoms with Crippen LogP contribution in [0.2, 0.25) is 0 Å². The zero-order valence-corrected chi connectivity index (χ0v) is 6.14. The van der Waals surface area contributed by atoms with E-state index >= 15 is 0 Å². The molecule has 1 atom stereocenters. The summed E-state index contributed by atoms with van der Waals surface area (Å²) in [5, 5.41) is -2.32. The molecule has 1 heterocycles. The molecular formula is C7H4ClFO2. The SMILES string of the molecule is FC1(Cl)OOc2ccccc21. The number of benzene rings is 1. The van der Waals surface area contributed by atoms with Gasteiger partial charge in [0.15, 0.2) is 5.75 Å². The number of halogens is 2. The Bertz CT molecular complexity index is 288. The predicted octanol–water partition coefficient (Wildman–Crippen LogP) is 2.33. The zero-order valence-electron chi connectivity index (χ0n) is 5.38. The number of alkyl halides is 2. The van der Waals surface area contributed by atoms with E-state index in [0.29, 0.717) is 5.75 Å². The second-order valence-electron chi connectivity index (χ2n) is 2.18. The van der Waals surface area contributed by atoms with Crippen LogP contribution < -0.4 is 4.89 Å². The van der Waals surface area contributed by atoms with Gasteiger partial charge in [0.05, 0.1) is 5.56 Å². The van der Waals surface area contributed by atoms with Crippen molar-refractivity contribution in [2.75, 3.05) is 0 Å². The van der Waals surface area contributed by atoms with Crippen molar-refractivity contribution in [2.24, 2.45) is 0 Å². The van der Waals surface area contributed by atoms with E-state index in [4.69, 9.17) is 11.6 Å². The van der Waals surface area contributed by atoms with E-state index in [0.717, 1.165) is 0 Å². The van der Waals surface area contributed by atoms with Crippen molar-refractivity contribution in [2.45, 2.75) is 5.31 Å². The number of para-hydroxylation sites is 1. The highest BCUT2D eigenvalue weighted by Crippen LogP contribution is 2.43. The first-order chi connectivity index (χ1) is 5.20. The lowest BCUT2D eigenvalue weighted by Gasteiger charge is -2.04. The van der Waals surface area contributed by atoms with Crippen molar-refractivity contribution >= 4 is 11.6 Å². The molecule has 0 N–H and O–H groups in total. The molecule has 1 aliphatic heterocycles. The largest absolute Gasteiger partial charge is 0.355 e. The Morgan fingerprint density at radius 2 is 2.09 bits per heavy atom. The zero-order chi connectivity index (χ0) is 7.90. The van der Waals surface area contributed by atoms with Gasteiger partial charge in [0.25, 0.3) is 0 Å². The molecule has 0 radical (unpaired) electrons. The molecule has 0 aromatic heterocycles. The van der Waals surface area contributed by atoms with Crippen molar-refractivity contribution in [1.29, 1.82) is 0 Å². The van der Waals surface area contributed by atoms with E-state index in [2.05, 4.69) is 9.78 Å². The third-order valence-electron chi connectivity index (χ3n) is 1.44. The summed E-state index contributed by atoms with van der Waals surface area (Å²) in [6, 6.07) is 6.46. The second kappa shape index (κ2) is 2.09. The molecule has 0 amide bonds. The molecule has 0 spiro atoms. The molecule has 2 nitrogen and oxygen atoms in total. The highest BCUT2D eigenvalue weighted by atomic mass is 35.5. The maximum absolute atomic E-state index is 13.0. The van der Waals surface area contributed by atoms with Gasteiger partial charge in [0.1, 0.15) is 0 Å². The van der Waals surface area contributed by atoms with Gasteiger partial charge in [-0.3, -0.25) is 0 Å². The van der Waals surface area contributed by atoms with Gasteiger partial charge in [-0.15, -0.1) is 4.89 Å². The Hall–Kier alpha value is -0.800. The molecule has 11 heavy (non-hydrogen) atoms. The van der Waals surface area contributed by atoms with Gasteiger partial charge < -0.3 is 4.89 Å². The minimum absolute atomic E-state index is 0.210. The monoisotopic (exact) mass is 174 g/mol. The predicted molar refractivity (Wildman–Crippen MR) is 36.8 cm³/mol. The fraction of sp³-hybridized carbons (Fsp3) is 0.143. The summed E-state index contributed by atoms with van der Waals surface area (Å²) in [6.45, 7) is 0. The summed E-state index contributed by atoms with van der Waals surface area (Å²) in [5.74, 6) is 0.324. The summed E-state index contributed by atoms with van der Waals surface area (Å²) in [5.41, 5.74) is 0.210. The maximum Gasteiger partial charge on any atom is 0.355 e. The molecular weight excluding hydrogens is 171 g/mol. The molecule has 58 valence electrons. The van der Waals surface area contributed by atoms with Crippen LogP contribution in [0.15, 0.2) is 24.3 Å². The number of fused-ring (bicyclic) bond motifs is 1. The summed E-state index contributed by atoms with van der Waals surface area (Å²) in [6.07, 6.45) is 0. The quantitative estimate of drug-likeness (QED) is 0.444. The molecule has 0 bridgehead atoms. The van der Waals surface area contributed by atoms with Crippen molar-refractivity contribution in [3.05, 3.63) is 29.8 Å². The van der Waals surface area contributed by atoms with Crippen molar-refractivity contribution < 1.29 is 14.2 Å². The van der Waals surface area contributed by atoms with Crippen LogP contribution >= 0.6 is 11.6 Å². The highest BCUT2D eigenvalue weighted by molar-refractivity contribution is 6.22. The van der Waals surface area contributed by atoms with E-state index < -0.39 is 5.31 Å². The normalized spacial score (nSPS) is 27.8. The summed E-state index contributed by atoms with van der Waals surface area (Å²) < 4.78 is 13.0. The van der Waals surface area contributed by atoms with Crippen LogP contribution in [0.1, 0.15) is 5.56 Å². The van der Waals surface area contributed by atoms with Gasteiger partial charge in [-0.1, -0.05) is 12.1 Å². The number of hydrogen-bond acceptors (Lipinski definition) is 2. The Labute approximate surface area is 67.4 Å². The number of hydrogen-bond donors (Lipinski definition) is 0. The third-order valence-corrected chi connectivity index (χ3v) is 1.70. The first-order valence-electron chi connectivity index (χ1n) is 3.03. The maximum atomic E-state index is 13.0. The average molecular weight is 175 g/mol. The van der Waals surface area contributed by atoms with Gasteiger partial charge in [-0.2, -0.15) is 4.39 Å². The van der Waals surface area contributed by atoms with Gasteiger partial charge in [0, 0.05) is 0 Å². The van der Waals surface area contributed by atoms with Crippen LogP contribution in [0.3, 0.4) is 0 Å². The highest BCUT2D eigenvalue weighted by Gasteiger charge is 2.41. The molecule has 0 fully saturated rings. The minimum atomic E-state index is -2.32. The van der Waals surface area contributed by atoms with Crippen molar-refractivity contribution in [3.8, 4) is 5.75 Å². The summed E-state index contributed by atoms with van der Waals surface area (Å²) in [7, 11) is 0. The number of rotatable bonds is 0. The van der Waals surface area contributed by atoms with E-state index in [9.17, 15) is 4.39 Å². The first-order valence-corrected chi connectivity index (χ1v) is 3.41. The molecule has 1 aromatic carbocycles. The topological polar surface area (TPSA) is 18.5 Å². The molecule has 2 rings (SSSR count). The van der Waals surface area contributed by atoms with Crippen LogP contribution in [0.25, 0.3) is 0 Å². The van der Waals surface area contributed by atoms with E-state index in [1.807, 2.05) is 0 Å². The van der Waals surface area contributed by atoms with Gasteiger partial charge >= 0.3 is 5.31 Å². The standard InChI is InChI=1S/C7H4ClFO2/c8-7(9)5-3-1-2-4-6(5)10-11-7/h1-4H. The van der Waals surface area contributed by atoms with E-state index in [1.54, 1.807) is 18.2 Å². The minimum Gasteiger partial charge on any atom is -0.332 e. The van der Waals surface area contributed by atoms with E-state index in [-0.39, 0.29) is 5.56 Å².